The van der Waals surface area contributed by atoms with Crippen molar-refractivity contribution in [3.63, 3.8) is 0 Å². The van der Waals surface area contributed by atoms with Crippen LogP contribution in [0.15, 0.2) is 64.8 Å². The largest absolute Gasteiger partial charge is 0.368 e. The number of imidazole rings is 1. The van der Waals surface area contributed by atoms with Gasteiger partial charge in [-0.3, -0.25) is 18.7 Å². The van der Waals surface area contributed by atoms with Crippen LogP contribution in [0.1, 0.15) is 11.4 Å². The summed E-state index contributed by atoms with van der Waals surface area (Å²) in [5.41, 5.74) is 7.51. The standard InChI is InChI=1S/C21H18ClN5O2S/c1-13-15(22)6-4-8-17(13)26-10-9-24-21(26)30-12-19-25-16-7-3-2-5-14(16)20(29)27(19)11-18(23)28/h2-10H,11-12H2,1H3,(H2,23,28). The van der Waals surface area contributed by atoms with Crippen LogP contribution in [0, 0.1) is 6.92 Å². The molecule has 4 rings (SSSR count). The molecule has 0 aliphatic carbocycles. The first-order valence-electron chi connectivity index (χ1n) is 9.14. The molecule has 2 aromatic heterocycles. The second kappa shape index (κ2) is 8.33. The number of fused-ring (bicyclic) bond motifs is 1. The number of nitrogens with two attached hydrogens (primary N) is 1. The second-order valence-electron chi connectivity index (χ2n) is 6.66. The van der Waals surface area contributed by atoms with Crippen LogP contribution >= 0.6 is 23.4 Å². The van der Waals surface area contributed by atoms with E-state index >= 15 is 0 Å². The van der Waals surface area contributed by atoms with E-state index in [0.717, 1.165) is 11.3 Å². The van der Waals surface area contributed by atoms with Crippen LogP contribution in [0.2, 0.25) is 5.02 Å². The minimum Gasteiger partial charge on any atom is -0.368 e. The lowest BCUT2D eigenvalue weighted by atomic mass is 10.2. The Morgan fingerprint density at radius 3 is 2.80 bits per heavy atom. The van der Waals surface area contributed by atoms with Gasteiger partial charge < -0.3 is 5.73 Å². The average Bonchev–Trinajstić information content (AvgIpc) is 3.19. The first-order chi connectivity index (χ1) is 14.5. The van der Waals surface area contributed by atoms with Crippen LogP contribution in [0.25, 0.3) is 16.6 Å². The van der Waals surface area contributed by atoms with E-state index in [9.17, 15) is 9.59 Å². The molecule has 2 heterocycles. The summed E-state index contributed by atoms with van der Waals surface area (Å²) >= 11 is 7.67. The van der Waals surface area contributed by atoms with Gasteiger partial charge in [-0.05, 0) is 36.8 Å². The maximum absolute atomic E-state index is 12.9. The number of thioether (sulfide) groups is 1. The number of halogens is 1. The van der Waals surface area contributed by atoms with Crippen molar-refractivity contribution in [1.82, 2.24) is 19.1 Å². The van der Waals surface area contributed by atoms with E-state index in [0.29, 0.717) is 32.7 Å². The van der Waals surface area contributed by atoms with Gasteiger partial charge >= 0.3 is 0 Å². The molecule has 30 heavy (non-hydrogen) atoms. The molecule has 0 spiro atoms. The molecule has 0 saturated carbocycles. The quantitative estimate of drug-likeness (QED) is 0.465. The van der Waals surface area contributed by atoms with Gasteiger partial charge in [0.05, 0.1) is 22.3 Å². The van der Waals surface area contributed by atoms with E-state index in [1.807, 2.05) is 42.0 Å². The molecule has 1 amide bonds. The molecular formula is C21H18ClN5O2S. The average molecular weight is 440 g/mol. The van der Waals surface area contributed by atoms with E-state index < -0.39 is 5.91 Å². The van der Waals surface area contributed by atoms with E-state index in [1.165, 1.54) is 16.3 Å². The third-order valence-corrected chi connectivity index (χ3v) is 6.06. The smallest absolute Gasteiger partial charge is 0.261 e. The lowest BCUT2D eigenvalue weighted by Gasteiger charge is -2.13. The zero-order valence-electron chi connectivity index (χ0n) is 16.1. The van der Waals surface area contributed by atoms with E-state index in [2.05, 4.69) is 9.97 Å². The number of carbonyl (C=O) groups is 1. The lowest BCUT2D eigenvalue weighted by Crippen LogP contribution is -2.31. The van der Waals surface area contributed by atoms with Crippen LogP contribution < -0.4 is 11.3 Å². The van der Waals surface area contributed by atoms with Crippen molar-refractivity contribution in [2.24, 2.45) is 5.73 Å². The molecule has 0 bridgehead atoms. The molecule has 0 aliphatic rings. The van der Waals surface area contributed by atoms with Crippen LogP contribution in [-0.4, -0.2) is 25.0 Å². The summed E-state index contributed by atoms with van der Waals surface area (Å²) in [5.74, 6) is 0.195. The minimum atomic E-state index is -0.600. The number of primary amides is 1. The maximum Gasteiger partial charge on any atom is 0.261 e. The zero-order chi connectivity index (χ0) is 21.3. The Kier molecular flexibility index (Phi) is 5.61. The highest BCUT2D eigenvalue weighted by Crippen LogP contribution is 2.28. The molecule has 0 radical (unpaired) electrons. The summed E-state index contributed by atoms with van der Waals surface area (Å²) in [7, 11) is 0. The monoisotopic (exact) mass is 439 g/mol. The van der Waals surface area contributed by atoms with Gasteiger partial charge in [-0.25, -0.2) is 9.97 Å². The van der Waals surface area contributed by atoms with E-state index in [4.69, 9.17) is 17.3 Å². The van der Waals surface area contributed by atoms with Gasteiger partial charge in [0.1, 0.15) is 12.4 Å². The van der Waals surface area contributed by atoms with Gasteiger partial charge in [0, 0.05) is 17.4 Å². The van der Waals surface area contributed by atoms with Crippen molar-refractivity contribution in [3.05, 3.63) is 81.6 Å². The lowest BCUT2D eigenvalue weighted by molar-refractivity contribution is -0.118. The molecule has 7 nitrogen and oxygen atoms in total. The summed E-state index contributed by atoms with van der Waals surface area (Å²) in [5, 5.41) is 1.83. The predicted molar refractivity (Wildman–Crippen MR) is 118 cm³/mol. The molecule has 0 unspecified atom stereocenters. The molecule has 152 valence electrons. The second-order valence-corrected chi connectivity index (χ2v) is 8.00. The summed E-state index contributed by atoms with van der Waals surface area (Å²) in [4.78, 5) is 33.5. The van der Waals surface area contributed by atoms with Crippen LogP contribution in [0.3, 0.4) is 0 Å². The van der Waals surface area contributed by atoms with Gasteiger partial charge in [-0.2, -0.15) is 0 Å². The Bertz CT molecular complexity index is 1310. The third-order valence-electron chi connectivity index (χ3n) is 4.69. The first kappa shape index (κ1) is 20.2. The minimum absolute atomic E-state index is 0.228. The highest BCUT2D eigenvalue weighted by Gasteiger charge is 2.15. The molecule has 0 atom stereocenters. The van der Waals surface area contributed by atoms with Gasteiger partial charge in [0.15, 0.2) is 5.16 Å². The number of nitrogens with zero attached hydrogens (tertiary/aromatic N) is 4. The maximum atomic E-state index is 12.9. The number of hydrogen-bond acceptors (Lipinski definition) is 5. The van der Waals surface area contributed by atoms with Crippen molar-refractivity contribution < 1.29 is 4.79 Å². The Hall–Kier alpha value is -3.10. The third kappa shape index (κ3) is 3.83. The SMILES string of the molecule is Cc1c(Cl)cccc1-n1ccnc1SCc1nc2ccccc2c(=O)n1CC(N)=O. The summed E-state index contributed by atoms with van der Waals surface area (Å²) in [6.07, 6.45) is 3.55. The Morgan fingerprint density at radius 2 is 2.00 bits per heavy atom. The number of rotatable bonds is 6. The highest BCUT2D eigenvalue weighted by atomic mass is 35.5. The summed E-state index contributed by atoms with van der Waals surface area (Å²) in [6, 6.07) is 12.7. The fourth-order valence-corrected chi connectivity index (χ4v) is 4.29. The number of amides is 1. The molecule has 2 aromatic carbocycles. The van der Waals surface area contributed by atoms with Gasteiger partial charge in [-0.1, -0.05) is 41.6 Å². The molecule has 2 N–H and O–H groups in total. The number of benzene rings is 2. The Labute approximate surface area is 181 Å². The van der Waals surface area contributed by atoms with E-state index in [1.54, 1.807) is 24.4 Å². The Balaban J connectivity index is 1.71. The van der Waals surface area contributed by atoms with Crippen LogP contribution in [0.5, 0.6) is 0 Å². The van der Waals surface area contributed by atoms with Crippen molar-refractivity contribution in [1.29, 1.82) is 0 Å². The number of para-hydroxylation sites is 1. The predicted octanol–water partition coefficient (Wildman–Crippen LogP) is 3.32. The normalized spacial score (nSPS) is 11.1. The Morgan fingerprint density at radius 1 is 1.20 bits per heavy atom. The summed E-state index contributed by atoms with van der Waals surface area (Å²) < 4.78 is 3.26. The van der Waals surface area contributed by atoms with Crippen molar-refractivity contribution >= 4 is 40.2 Å². The molecule has 0 aliphatic heterocycles. The van der Waals surface area contributed by atoms with Crippen LogP contribution in [-0.2, 0) is 17.1 Å². The number of hydrogen-bond donors (Lipinski definition) is 1. The van der Waals surface area contributed by atoms with E-state index in [-0.39, 0.29) is 12.1 Å². The topological polar surface area (TPSA) is 95.8 Å². The highest BCUT2D eigenvalue weighted by molar-refractivity contribution is 7.98. The summed E-state index contributed by atoms with van der Waals surface area (Å²) in [6.45, 7) is 1.72. The molecule has 9 heteroatoms. The zero-order valence-corrected chi connectivity index (χ0v) is 17.7. The molecule has 4 aromatic rings. The van der Waals surface area contributed by atoms with Crippen LogP contribution in [0.4, 0.5) is 0 Å². The van der Waals surface area contributed by atoms with Gasteiger partial charge in [0.25, 0.3) is 5.56 Å². The fourth-order valence-electron chi connectivity index (χ4n) is 3.21. The van der Waals surface area contributed by atoms with Crippen molar-refractivity contribution in [2.45, 2.75) is 24.4 Å². The van der Waals surface area contributed by atoms with Crippen molar-refractivity contribution in [3.8, 4) is 5.69 Å². The first-order valence-corrected chi connectivity index (χ1v) is 10.5. The fraction of sp³-hybridized carbons (Fsp3) is 0.143. The molecule has 0 saturated heterocycles. The molecule has 0 fully saturated rings. The number of aromatic nitrogens is 4. The molecular weight excluding hydrogens is 422 g/mol. The van der Waals surface area contributed by atoms with Crippen molar-refractivity contribution in [2.75, 3.05) is 0 Å². The number of carbonyl (C=O) groups excluding carboxylic acids is 1. The van der Waals surface area contributed by atoms with Gasteiger partial charge in [0.2, 0.25) is 5.91 Å². The van der Waals surface area contributed by atoms with Gasteiger partial charge in [-0.15, -0.1) is 0 Å².